The average Bonchev–Trinajstić information content (AvgIpc) is 2.82. The van der Waals surface area contributed by atoms with Crippen molar-refractivity contribution < 1.29 is 94.2 Å². The maximum absolute atomic E-state index is 11.8. The second-order valence-electron chi connectivity index (χ2n) is 8.15. The van der Waals surface area contributed by atoms with Crippen molar-refractivity contribution in [1.29, 1.82) is 0 Å². The molecule has 19 nitrogen and oxygen atoms in total. The topological polar surface area (TPSA) is 320 Å². The number of carboxylic acid groups (broad SMARTS) is 3. The van der Waals surface area contributed by atoms with E-state index in [1.807, 2.05) is 0 Å². The van der Waals surface area contributed by atoms with Crippen molar-refractivity contribution in [1.82, 2.24) is 0 Å². The number of rotatable bonds is 7. The molecule has 0 aromatic heterocycles. The SMILES string of the molecule is O=C(O)C1=C(O)[C@H](O)[C@H](O)[C@H](O[C@H]2[C@H](O)[C@H](O)[C@H](O[C@H]3[C@H](O)[C@H](O)[C@@H](O)O[C@H]3C(=O)O)O[C@H]2C(=O)O)O1. The summed E-state index contributed by atoms with van der Waals surface area (Å²) < 4.78 is 24.6. The van der Waals surface area contributed by atoms with Gasteiger partial charge in [0.15, 0.2) is 30.5 Å². The highest BCUT2D eigenvalue weighted by molar-refractivity contribution is 5.85. The second kappa shape index (κ2) is 11.0. The van der Waals surface area contributed by atoms with Gasteiger partial charge in [-0.1, -0.05) is 0 Å². The number of aliphatic hydroxyl groups is 8. The molecule has 13 atom stereocenters. The highest BCUT2D eigenvalue weighted by Gasteiger charge is 2.55. The molecule has 3 rings (SSSR count). The Morgan fingerprint density at radius 3 is 1.65 bits per heavy atom. The molecule has 11 N–H and O–H groups in total. The zero-order valence-electron chi connectivity index (χ0n) is 18.2. The number of carboxylic acids is 3. The van der Waals surface area contributed by atoms with E-state index in [1.54, 1.807) is 0 Å². The summed E-state index contributed by atoms with van der Waals surface area (Å²) in [5.74, 6) is -8.15. The molecule has 0 spiro atoms. The van der Waals surface area contributed by atoms with Crippen LogP contribution in [0.5, 0.6) is 0 Å². The van der Waals surface area contributed by atoms with Gasteiger partial charge in [-0.2, -0.15) is 0 Å². The van der Waals surface area contributed by atoms with Gasteiger partial charge < -0.3 is 79.9 Å². The van der Waals surface area contributed by atoms with Crippen LogP contribution in [0.25, 0.3) is 0 Å². The summed E-state index contributed by atoms with van der Waals surface area (Å²) in [6.45, 7) is 0. The summed E-state index contributed by atoms with van der Waals surface area (Å²) in [4.78, 5) is 34.5. The van der Waals surface area contributed by atoms with Crippen molar-refractivity contribution in [2.75, 3.05) is 0 Å². The Labute approximate surface area is 204 Å². The summed E-state index contributed by atoms with van der Waals surface area (Å²) in [6, 6.07) is 0. The van der Waals surface area contributed by atoms with Crippen LogP contribution in [0, 0.1) is 0 Å². The predicted molar refractivity (Wildman–Crippen MR) is 103 cm³/mol. The largest absolute Gasteiger partial charge is 0.506 e. The van der Waals surface area contributed by atoms with E-state index in [1.165, 1.54) is 0 Å². The van der Waals surface area contributed by atoms with Gasteiger partial charge in [0.05, 0.1) is 0 Å². The fourth-order valence-electron chi connectivity index (χ4n) is 3.77. The number of aliphatic hydroxyl groups excluding tert-OH is 8. The Hall–Kier alpha value is -2.69. The first-order chi connectivity index (χ1) is 17.2. The minimum absolute atomic E-state index is 1.27. The van der Waals surface area contributed by atoms with Gasteiger partial charge in [-0.15, -0.1) is 0 Å². The first-order valence-corrected chi connectivity index (χ1v) is 10.3. The van der Waals surface area contributed by atoms with Crippen molar-refractivity contribution in [2.45, 2.75) is 79.9 Å². The first kappa shape index (κ1) is 28.9. The molecule has 0 aliphatic carbocycles. The van der Waals surface area contributed by atoms with Crippen molar-refractivity contribution in [2.24, 2.45) is 0 Å². The molecular weight excluding hydrogens is 520 g/mol. The smallest absolute Gasteiger partial charge is 0.375 e. The number of ether oxygens (including phenoxy) is 5. The van der Waals surface area contributed by atoms with E-state index in [4.69, 9.17) is 24.1 Å². The van der Waals surface area contributed by atoms with Crippen LogP contribution in [0.2, 0.25) is 0 Å². The van der Waals surface area contributed by atoms with Gasteiger partial charge in [0.1, 0.15) is 48.8 Å². The molecule has 2 saturated heterocycles. The maximum atomic E-state index is 11.8. The Morgan fingerprint density at radius 2 is 1.14 bits per heavy atom. The van der Waals surface area contributed by atoms with E-state index < -0.39 is 109 Å². The van der Waals surface area contributed by atoms with E-state index in [2.05, 4.69) is 4.74 Å². The number of carbonyl (C=O) groups is 3. The fourth-order valence-corrected chi connectivity index (χ4v) is 3.77. The molecule has 0 radical (unpaired) electrons. The highest BCUT2D eigenvalue weighted by atomic mass is 16.8. The molecule has 0 saturated carbocycles. The quantitative estimate of drug-likeness (QED) is 0.142. The Bertz CT molecular complexity index is 921. The highest BCUT2D eigenvalue weighted by Crippen LogP contribution is 2.32. The third-order valence-electron chi connectivity index (χ3n) is 5.72. The summed E-state index contributed by atoms with van der Waals surface area (Å²) in [5.41, 5.74) is 0. The lowest BCUT2D eigenvalue weighted by molar-refractivity contribution is -0.359. The molecule has 37 heavy (non-hydrogen) atoms. The normalized spacial score (nSPS) is 44.7. The maximum Gasteiger partial charge on any atom is 0.375 e. The zero-order chi connectivity index (χ0) is 27.9. The van der Waals surface area contributed by atoms with Gasteiger partial charge in [0.2, 0.25) is 12.0 Å². The molecule has 0 bridgehead atoms. The van der Waals surface area contributed by atoms with E-state index in [9.17, 15) is 65.4 Å². The molecule has 3 aliphatic rings. The second-order valence-corrected chi connectivity index (χ2v) is 8.15. The molecule has 3 aliphatic heterocycles. The number of aliphatic carboxylic acids is 3. The Morgan fingerprint density at radius 1 is 0.649 bits per heavy atom. The van der Waals surface area contributed by atoms with Crippen LogP contribution in [-0.4, -0.2) is 154 Å². The van der Waals surface area contributed by atoms with Crippen LogP contribution in [0.4, 0.5) is 0 Å². The molecule has 210 valence electrons. The van der Waals surface area contributed by atoms with Gasteiger partial charge in [-0.3, -0.25) is 0 Å². The van der Waals surface area contributed by atoms with Crippen molar-refractivity contribution in [3.8, 4) is 0 Å². The average molecular weight is 544 g/mol. The lowest BCUT2D eigenvalue weighted by Gasteiger charge is -2.45. The van der Waals surface area contributed by atoms with E-state index in [-0.39, 0.29) is 0 Å². The summed E-state index contributed by atoms with van der Waals surface area (Å²) in [7, 11) is 0. The third-order valence-corrected chi connectivity index (χ3v) is 5.72. The van der Waals surface area contributed by atoms with Gasteiger partial charge in [0, 0.05) is 0 Å². The van der Waals surface area contributed by atoms with Crippen LogP contribution in [0.1, 0.15) is 0 Å². The third kappa shape index (κ3) is 5.46. The van der Waals surface area contributed by atoms with E-state index in [0.29, 0.717) is 0 Å². The Kier molecular flexibility index (Phi) is 8.56. The molecule has 0 unspecified atom stereocenters. The summed E-state index contributed by atoms with van der Waals surface area (Å²) in [6.07, 6.45) is -28.6. The van der Waals surface area contributed by atoms with Crippen LogP contribution in [0.15, 0.2) is 11.5 Å². The monoisotopic (exact) mass is 544 g/mol. The van der Waals surface area contributed by atoms with Gasteiger partial charge in [0.25, 0.3) is 0 Å². The standard InChI is InChI=1S/C18H24O19/c19-1-2(20)10(13(26)27)36-17(6(1)24)35-9-4(22)7(25)18(37-12(9)15(30)31)34-8-3(21)5(23)16(32)33-11(8)14(28)29/h1,3-9,11-12,16-25,32H,(H,26,27)(H,28,29)(H,30,31)/t1-,3+,4+,5-,6-,7-,8-,9-,11+,12+,16-,17+,18+/m0/s1. The molecule has 3 heterocycles. The zero-order valence-corrected chi connectivity index (χ0v) is 18.2. The molecule has 19 heteroatoms. The minimum Gasteiger partial charge on any atom is -0.506 e. The summed E-state index contributed by atoms with van der Waals surface area (Å²) in [5, 5.41) is 108. The van der Waals surface area contributed by atoms with Gasteiger partial charge >= 0.3 is 17.9 Å². The van der Waals surface area contributed by atoms with Crippen LogP contribution in [0.3, 0.4) is 0 Å². The molecular formula is C18H24O19. The van der Waals surface area contributed by atoms with Crippen molar-refractivity contribution in [3.05, 3.63) is 11.5 Å². The molecule has 0 amide bonds. The predicted octanol–water partition coefficient (Wildman–Crippen LogP) is -6.26. The van der Waals surface area contributed by atoms with Gasteiger partial charge in [-0.05, 0) is 0 Å². The van der Waals surface area contributed by atoms with Gasteiger partial charge in [-0.25, -0.2) is 14.4 Å². The Balaban J connectivity index is 1.82. The molecule has 0 aromatic rings. The number of hydrogen-bond donors (Lipinski definition) is 11. The van der Waals surface area contributed by atoms with E-state index in [0.717, 1.165) is 0 Å². The van der Waals surface area contributed by atoms with Crippen LogP contribution >= 0.6 is 0 Å². The first-order valence-electron chi connectivity index (χ1n) is 10.3. The van der Waals surface area contributed by atoms with Crippen molar-refractivity contribution in [3.63, 3.8) is 0 Å². The van der Waals surface area contributed by atoms with E-state index >= 15 is 0 Å². The van der Waals surface area contributed by atoms with Crippen LogP contribution < -0.4 is 0 Å². The lowest BCUT2D eigenvalue weighted by atomic mass is 9.96. The van der Waals surface area contributed by atoms with Crippen LogP contribution in [-0.2, 0) is 38.1 Å². The molecule has 0 aromatic carbocycles. The van der Waals surface area contributed by atoms with Crippen molar-refractivity contribution >= 4 is 17.9 Å². The fraction of sp³-hybridized carbons (Fsp3) is 0.722. The minimum atomic E-state index is -2.30. The number of hydrogen-bond acceptors (Lipinski definition) is 16. The summed E-state index contributed by atoms with van der Waals surface area (Å²) >= 11 is 0. The molecule has 2 fully saturated rings. The lowest BCUT2D eigenvalue weighted by Crippen LogP contribution is -2.66.